The van der Waals surface area contributed by atoms with Gasteiger partial charge < -0.3 is 4.74 Å². The molecule has 0 radical (unpaired) electrons. The van der Waals surface area contributed by atoms with E-state index >= 15 is 0 Å². The Labute approximate surface area is 129 Å². The average Bonchev–Trinajstić information content (AvgIpc) is 3.08. The molecule has 7 heteroatoms. The maximum absolute atomic E-state index is 12.9. The highest BCUT2D eigenvalue weighted by molar-refractivity contribution is 6.03. The van der Waals surface area contributed by atoms with E-state index in [-0.39, 0.29) is 5.56 Å². The predicted octanol–water partition coefficient (Wildman–Crippen LogP) is 3.08. The van der Waals surface area contributed by atoms with E-state index in [0.717, 1.165) is 19.2 Å². The van der Waals surface area contributed by atoms with Gasteiger partial charge in [-0.05, 0) is 23.8 Å². The molecule has 0 aliphatic carbocycles. The summed E-state index contributed by atoms with van der Waals surface area (Å²) >= 11 is 0. The summed E-state index contributed by atoms with van der Waals surface area (Å²) in [5.74, 6) is -3.24. The highest BCUT2D eigenvalue weighted by Crippen LogP contribution is 2.41. The summed E-state index contributed by atoms with van der Waals surface area (Å²) in [5, 5.41) is 0. The fourth-order valence-corrected chi connectivity index (χ4v) is 2.95. The lowest BCUT2D eigenvalue weighted by Crippen LogP contribution is -2.27. The standard InChI is InChI=1S/C16H12F3NO3/c1-23-15(22)13-12(11-6-3-7-20(11)14(13)21)9-4-2-5-10(8-9)16(17,18)19/h2-8,12-13H,1H3. The van der Waals surface area contributed by atoms with Crippen molar-refractivity contribution in [3.05, 3.63) is 59.4 Å². The lowest BCUT2D eigenvalue weighted by atomic mass is 9.85. The van der Waals surface area contributed by atoms with Gasteiger partial charge in [-0.1, -0.05) is 18.2 Å². The van der Waals surface area contributed by atoms with Gasteiger partial charge in [0, 0.05) is 17.8 Å². The Hall–Kier alpha value is -2.57. The molecule has 4 nitrogen and oxygen atoms in total. The number of ether oxygens (including phenoxy) is 1. The minimum Gasteiger partial charge on any atom is -0.468 e. The lowest BCUT2D eigenvalue weighted by molar-refractivity contribution is -0.143. The quantitative estimate of drug-likeness (QED) is 0.630. The van der Waals surface area contributed by atoms with Crippen molar-refractivity contribution in [1.29, 1.82) is 0 Å². The highest BCUT2D eigenvalue weighted by atomic mass is 19.4. The van der Waals surface area contributed by atoms with E-state index in [1.54, 1.807) is 12.1 Å². The van der Waals surface area contributed by atoms with Crippen LogP contribution < -0.4 is 0 Å². The van der Waals surface area contributed by atoms with Crippen LogP contribution in [0.1, 0.15) is 27.5 Å². The van der Waals surface area contributed by atoms with Gasteiger partial charge in [-0.2, -0.15) is 13.2 Å². The van der Waals surface area contributed by atoms with Crippen LogP contribution in [0.3, 0.4) is 0 Å². The molecule has 2 aromatic rings. The number of aromatic nitrogens is 1. The number of carbonyl (C=O) groups is 2. The van der Waals surface area contributed by atoms with Crippen molar-refractivity contribution in [3.63, 3.8) is 0 Å². The van der Waals surface area contributed by atoms with Crippen LogP contribution in [-0.4, -0.2) is 23.6 Å². The predicted molar refractivity (Wildman–Crippen MR) is 73.9 cm³/mol. The lowest BCUT2D eigenvalue weighted by Gasteiger charge is -2.17. The number of methoxy groups -OCH3 is 1. The monoisotopic (exact) mass is 323 g/mol. The molecule has 0 spiro atoms. The first kappa shape index (κ1) is 15.3. The first-order chi connectivity index (χ1) is 10.8. The molecule has 2 heterocycles. The van der Waals surface area contributed by atoms with Gasteiger partial charge >= 0.3 is 12.1 Å². The maximum Gasteiger partial charge on any atom is 0.416 e. The van der Waals surface area contributed by atoms with E-state index in [0.29, 0.717) is 5.69 Å². The molecule has 0 amide bonds. The van der Waals surface area contributed by atoms with Crippen LogP contribution in [0.15, 0.2) is 42.6 Å². The number of hydrogen-bond donors (Lipinski definition) is 0. The molecule has 0 saturated carbocycles. The van der Waals surface area contributed by atoms with Gasteiger partial charge in [-0.3, -0.25) is 14.2 Å². The summed E-state index contributed by atoms with van der Waals surface area (Å²) in [7, 11) is 1.15. The zero-order valence-electron chi connectivity index (χ0n) is 12.0. The van der Waals surface area contributed by atoms with E-state index in [1.165, 1.54) is 22.9 Å². The average molecular weight is 323 g/mol. The van der Waals surface area contributed by atoms with E-state index in [4.69, 9.17) is 0 Å². The first-order valence-electron chi connectivity index (χ1n) is 6.81. The molecule has 0 bridgehead atoms. The number of fused-ring (bicyclic) bond motifs is 1. The van der Waals surface area contributed by atoms with Crippen LogP contribution in [0.4, 0.5) is 13.2 Å². The second-order valence-electron chi connectivity index (χ2n) is 5.24. The van der Waals surface area contributed by atoms with Crippen molar-refractivity contribution in [2.75, 3.05) is 7.11 Å². The molecule has 3 rings (SSSR count). The summed E-state index contributed by atoms with van der Waals surface area (Å²) in [6.45, 7) is 0. The van der Waals surface area contributed by atoms with Gasteiger partial charge in [-0.25, -0.2) is 0 Å². The number of halogens is 3. The highest BCUT2D eigenvalue weighted by Gasteiger charge is 2.46. The molecule has 23 heavy (non-hydrogen) atoms. The Morgan fingerprint density at radius 2 is 1.96 bits per heavy atom. The fraction of sp³-hybridized carbons (Fsp3) is 0.250. The number of rotatable bonds is 2. The number of esters is 1. The number of nitrogens with zero attached hydrogens (tertiary/aromatic N) is 1. The van der Waals surface area contributed by atoms with Crippen LogP contribution >= 0.6 is 0 Å². The minimum absolute atomic E-state index is 0.251. The third-order valence-electron chi connectivity index (χ3n) is 3.96. The van der Waals surface area contributed by atoms with Gasteiger partial charge in [0.15, 0.2) is 0 Å². The molecular formula is C16H12F3NO3. The molecule has 2 atom stereocenters. The zero-order valence-corrected chi connectivity index (χ0v) is 12.0. The normalized spacial score (nSPS) is 20.4. The van der Waals surface area contributed by atoms with Crippen molar-refractivity contribution in [2.24, 2.45) is 5.92 Å². The molecule has 1 aliphatic heterocycles. The number of hydrogen-bond acceptors (Lipinski definition) is 3. The molecule has 120 valence electrons. The zero-order chi connectivity index (χ0) is 16.8. The van der Waals surface area contributed by atoms with Crippen LogP contribution in [0.25, 0.3) is 0 Å². The maximum atomic E-state index is 12.9. The Morgan fingerprint density at radius 1 is 1.22 bits per heavy atom. The van der Waals surface area contributed by atoms with Gasteiger partial charge in [0.1, 0.15) is 5.92 Å². The van der Waals surface area contributed by atoms with Crippen molar-refractivity contribution in [3.8, 4) is 0 Å². The summed E-state index contributed by atoms with van der Waals surface area (Å²) in [6, 6.07) is 7.89. The van der Waals surface area contributed by atoms with Crippen LogP contribution in [-0.2, 0) is 15.7 Å². The second kappa shape index (κ2) is 5.26. The van der Waals surface area contributed by atoms with Gasteiger partial charge in [-0.15, -0.1) is 0 Å². The van der Waals surface area contributed by atoms with Crippen molar-refractivity contribution < 1.29 is 27.5 Å². The van der Waals surface area contributed by atoms with Crippen molar-refractivity contribution in [1.82, 2.24) is 4.57 Å². The molecule has 0 saturated heterocycles. The Morgan fingerprint density at radius 3 is 2.61 bits per heavy atom. The number of alkyl halides is 3. The molecule has 0 N–H and O–H groups in total. The fourth-order valence-electron chi connectivity index (χ4n) is 2.95. The topological polar surface area (TPSA) is 48.3 Å². The molecule has 1 aliphatic rings. The molecule has 0 fully saturated rings. The Kier molecular flexibility index (Phi) is 3.50. The molecule has 1 aromatic carbocycles. The van der Waals surface area contributed by atoms with Gasteiger partial charge in [0.2, 0.25) is 5.91 Å². The Balaban J connectivity index is 2.13. The third kappa shape index (κ3) is 2.42. The summed E-state index contributed by atoms with van der Waals surface area (Å²) in [6.07, 6.45) is -3.01. The van der Waals surface area contributed by atoms with Gasteiger partial charge in [0.25, 0.3) is 0 Å². The van der Waals surface area contributed by atoms with Gasteiger partial charge in [0.05, 0.1) is 12.7 Å². The molecule has 1 aromatic heterocycles. The van der Waals surface area contributed by atoms with Crippen molar-refractivity contribution >= 4 is 11.9 Å². The van der Waals surface area contributed by atoms with E-state index in [9.17, 15) is 22.8 Å². The van der Waals surface area contributed by atoms with Crippen LogP contribution in [0.2, 0.25) is 0 Å². The SMILES string of the molecule is COC(=O)C1C(=O)n2cccc2C1c1cccc(C(F)(F)F)c1. The van der Waals surface area contributed by atoms with E-state index in [2.05, 4.69) is 4.74 Å². The summed E-state index contributed by atoms with van der Waals surface area (Å²) in [5.41, 5.74) is -0.0955. The minimum atomic E-state index is -4.50. The second-order valence-corrected chi connectivity index (χ2v) is 5.24. The first-order valence-corrected chi connectivity index (χ1v) is 6.81. The number of benzene rings is 1. The van der Waals surface area contributed by atoms with E-state index < -0.39 is 35.5 Å². The Bertz CT molecular complexity index is 779. The number of carbonyl (C=O) groups excluding carboxylic acids is 2. The van der Waals surface area contributed by atoms with Crippen molar-refractivity contribution in [2.45, 2.75) is 12.1 Å². The van der Waals surface area contributed by atoms with Crippen LogP contribution in [0, 0.1) is 5.92 Å². The largest absolute Gasteiger partial charge is 0.468 e. The summed E-state index contributed by atoms with van der Waals surface area (Å²) < 4.78 is 44.7. The molecular weight excluding hydrogens is 311 g/mol. The molecule has 2 unspecified atom stereocenters. The van der Waals surface area contributed by atoms with Crippen LogP contribution in [0.5, 0.6) is 0 Å². The smallest absolute Gasteiger partial charge is 0.416 e. The van der Waals surface area contributed by atoms with E-state index in [1.807, 2.05) is 0 Å². The third-order valence-corrected chi connectivity index (χ3v) is 3.96. The summed E-state index contributed by atoms with van der Waals surface area (Å²) in [4.78, 5) is 24.3.